The number of rotatable bonds is 6. The maximum atomic E-state index is 13.4. The number of hydrogen-bond acceptors (Lipinski definition) is 5. The number of urea groups is 1. The van der Waals surface area contributed by atoms with Crippen LogP contribution in [0.2, 0.25) is 5.02 Å². The van der Waals surface area contributed by atoms with E-state index in [0.29, 0.717) is 48.0 Å². The molecule has 0 saturated carbocycles. The lowest BCUT2D eigenvalue weighted by Crippen LogP contribution is -2.45. The predicted molar refractivity (Wildman–Crippen MR) is 125 cm³/mol. The molecule has 0 aliphatic carbocycles. The number of halogens is 1. The number of nitrogens with zero attached hydrogens (tertiary/aromatic N) is 3. The summed E-state index contributed by atoms with van der Waals surface area (Å²) in [7, 11) is 1.62. The number of piperidine rings is 1. The largest absolute Gasteiger partial charge is 0.466 e. The number of benzene rings is 1. The number of likely N-dealkylation sites (tertiary alicyclic amines) is 1. The highest BCUT2D eigenvalue weighted by Crippen LogP contribution is 2.38. The second kappa shape index (κ2) is 10.0. The Morgan fingerprint density at radius 2 is 2.00 bits per heavy atom. The van der Waals surface area contributed by atoms with E-state index < -0.39 is 6.04 Å². The summed E-state index contributed by atoms with van der Waals surface area (Å²) in [5.41, 5.74) is 1.75. The van der Waals surface area contributed by atoms with Crippen LogP contribution < -0.4 is 5.32 Å². The van der Waals surface area contributed by atoms with Gasteiger partial charge < -0.3 is 19.9 Å². The molecule has 10 heteroatoms. The zero-order valence-electron chi connectivity index (χ0n) is 19.4. The van der Waals surface area contributed by atoms with E-state index in [1.807, 2.05) is 6.07 Å². The van der Waals surface area contributed by atoms with Crippen molar-refractivity contribution in [2.75, 3.05) is 39.8 Å². The van der Waals surface area contributed by atoms with Crippen LogP contribution in [0.4, 0.5) is 4.79 Å². The van der Waals surface area contributed by atoms with Crippen molar-refractivity contribution in [1.29, 1.82) is 0 Å². The average molecular weight is 489 g/mol. The second-order valence-electron chi connectivity index (χ2n) is 8.73. The molecule has 4 rings (SSSR count). The van der Waals surface area contributed by atoms with Crippen LogP contribution in [0.25, 0.3) is 0 Å². The lowest BCUT2D eigenvalue weighted by molar-refractivity contribution is -0.151. The highest BCUT2D eigenvalue weighted by Gasteiger charge is 2.43. The third-order valence-corrected chi connectivity index (χ3v) is 6.99. The highest BCUT2D eigenvalue weighted by molar-refractivity contribution is 6.31. The van der Waals surface area contributed by atoms with Gasteiger partial charge in [0.1, 0.15) is 0 Å². The van der Waals surface area contributed by atoms with Gasteiger partial charge in [-0.2, -0.15) is 0 Å². The average Bonchev–Trinajstić information content (AvgIpc) is 3.17. The van der Waals surface area contributed by atoms with Crippen molar-refractivity contribution in [1.82, 2.24) is 20.0 Å². The number of carbonyl (C=O) groups is 4. The molecule has 0 bridgehead atoms. The van der Waals surface area contributed by atoms with Crippen molar-refractivity contribution in [2.24, 2.45) is 5.92 Å². The maximum absolute atomic E-state index is 13.4. The van der Waals surface area contributed by atoms with Crippen molar-refractivity contribution >= 4 is 35.4 Å². The van der Waals surface area contributed by atoms with Crippen LogP contribution in [0.15, 0.2) is 35.5 Å². The van der Waals surface area contributed by atoms with Gasteiger partial charge in [0.2, 0.25) is 5.91 Å². The summed E-state index contributed by atoms with van der Waals surface area (Å²) in [6.45, 7) is 3.49. The monoisotopic (exact) mass is 488 g/mol. The maximum Gasteiger partial charge on any atom is 0.322 e. The van der Waals surface area contributed by atoms with Crippen molar-refractivity contribution in [3.8, 4) is 0 Å². The minimum Gasteiger partial charge on any atom is -0.466 e. The molecule has 0 radical (unpaired) electrons. The van der Waals surface area contributed by atoms with Gasteiger partial charge in [-0.3, -0.25) is 19.3 Å². The van der Waals surface area contributed by atoms with Crippen molar-refractivity contribution in [3.63, 3.8) is 0 Å². The first-order valence-corrected chi connectivity index (χ1v) is 11.9. The number of hydrogen-bond donors (Lipinski definition) is 1. The van der Waals surface area contributed by atoms with Gasteiger partial charge in [-0.1, -0.05) is 29.8 Å². The Bertz CT molecular complexity index is 1040. The Hall–Kier alpha value is -3.07. The molecular formula is C24H29ClN4O5. The van der Waals surface area contributed by atoms with Gasteiger partial charge in [-0.25, -0.2) is 4.79 Å². The van der Waals surface area contributed by atoms with E-state index in [1.54, 1.807) is 42.0 Å². The Morgan fingerprint density at radius 3 is 2.74 bits per heavy atom. The van der Waals surface area contributed by atoms with Gasteiger partial charge in [0, 0.05) is 38.1 Å². The SMILES string of the molecule is CCOC(=O)C1CCCN(C(=O)CCN2CC3=C(C2=O)C(c2ccccc2Cl)NC(=O)N3C)C1. The zero-order chi connectivity index (χ0) is 24.4. The number of likely N-dealkylation sites (N-methyl/N-ethyl adjacent to an activating group) is 1. The molecule has 3 aliphatic heterocycles. The first kappa shape index (κ1) is 24.1. The van der Waals surface area contributed by atoms with E-state index >= 15 is 0 Å². The first-order valence-electron chi connectivity index (χ1n) is 11.6. The summed E-state index contributed by atoms with van der Waals surface area (Å²) >= 11 is 6.36. The van der Waals surface area contributed by atoms with Crippen LogP contribution in [0.3, 0.4) is 0 Å². The van der Waals surface area contributed by atoms with Crippen molar-refractivity contribution in [2.45, 2.75) is 32.2 Å². The minimum atomic E-state index is -0.645. The molecule has 34 heavy (non-hydrogen) atoms. The number of ether oxygens (including phenoxy) is 1. The van der Waals surface area contributed by atoms with E-state index in [0.717, 1.165) is 6.42 Å². The quantitative estimate of drug-likeness (QED) is 0.619. The number of esters is 1. The summed E-state index contributed by atoms with van der Waals surface area (Å²) in [4.78, 5) is 55.6. The standard InChI is InChI=1S/C24H29ClN4O5/c1-3-34-23(32)15-7-6-11-28(13-15)19(30)10-12-29-14-18-20(22(29)31)21(26-24(33)27(18)2)16-8-4-5-9-17(16)25/h4-5,8-9,15,21H,3,6-7,10-14H2,1-2H3,(H,26,33). The van der Waals surface area contributed by atoms with E-state index in [-0.39, 0.29) is 49.2 Å². The third kappa shape index (κ3) is 4.61. The van der Waals surface area contributed by atoms with Crippen LogP contribution >= 0.6 is 11.6 Å². The molecule has 3 aliphatic rings. The molecule has 1 N–H and O–H groups in total. The Balaban J connectivity index is 1.43. The van der Waals surface area contributed by atoms with Crippen molar-refractivity contribution in [3.05, 3.63) is 46.1 Å². The van der Waals surface area contributed by atoms with Gasteiger partial charge >= 0.3 is 12.0 Å². The van der Waals surface area contributed by atoms with E-state index in [1.165, 1.54) is 4.90 Å². The smallest absolute Gasteiger partial charge is 0.322 e. The lowest BCUT2D eigenvalue weighted by Gasteiger charge is -2.32. The molecule has 1 aromatic rings. The van der Waals surface area contributed by atoms with Crippen molar-refractivity contribution < 1.29 is 23.9 Å². The summed E-state index contributed by atoms with van der Waals surface area (Å²) in [6, 6.07) is 6.16. The molecule has 1 saturated heterocycles. The highest BCUT2D eigenvalue weighted by atomic mass is 35.5. The fraction of sp³-hybridized carbons (Fsp3) is 0.500. The minimum absolute atomic E-state index is 0.100. The van der Waals surface area contributed by atoms with E-state index in [4.69, 9.17) is 16.3 Å². The van der Waals surface area contributed by atoms with Gasteiger partial charge in [0.05, 0.1) is 36.4 Å². The van der Waals surface area contributed by atoms with Crippen LogP contribution in [0.5, 0.6) is 0 Å². The summed E-state index contributed by atoms with van der Waals surface area (Å²) in [5.74, 6) is -0.890. The summed E-state index contributed by atoms with van der Waals surface area (Å²) in [6.07, 6.45) is 1.59. The first-order chi connectivity index (χ1) is 16.3. The van der Waals surface area contributed by atoms with Gasteiger partial charge in [-0.05, 0) is 31.4 Å². The summed E-state index contributed by atoms with van der Waals surface area (Å²) in [5, 5.41) is 3.33. The van der Waals surface area contributed by atoms with E-state index in [9.17, 15) is 19.2 Å². The van der Waals surface area contributed by atoms with Crippen LogP contribution in [0, 0.1) is 5.92 Å². The lowest BCUT2D eigenvalue weighted by atomic mass is 9.95. The number of amides is 4. The topological polar surface area (TPSA) is 99.3 Å². The molecule has 0 aromatic heterocycles. The molecule has 2 unspecified atom stereocenters. The van der Waals surface area contributed by atoms with Gasteiger partial charge in [0.25, 0.3) is 5.91 Å². The summed E-state index contributed by atoms with van der Waals surface area (Å²) < 4.78 is 5.11. The van der Waals surface area contributed by atoms with Crippen LogP contribution in [0.1, 0.15) is 37.8 Å². The van der Waals surface area contributed by atoms with Gasteiger partial charge in [-0.15, -0.1) is 0 Å². The number of nitrogens with one attached hydrogen (secondary N) is 1. The van der Waals surface area contributed by atoms with Crippen LogP contribution in [-0.2, 0) is 19.1 Å². The second-order valence-corrected chi connectivity index (χ2v) is 9.14. The van der Waals surface area contributed by atoms with E-state index in [2.05, 4.69) is 5.32 Å². The molecule has 3 heterocycles. The molecule has 1 fully saturated rings. The normalized spacial score (nSPS) is 22.6. The van der Waals surface area contributed by atoms with Gasteiger partial charge in [0.15, 0.2) is 0 Å². The molecule has 9 nitrogen and oxygen atoms in total. The Morgan fingerprint density at radius 1 is 1.24 bits per heavy atom. The number of carbonyl (C=O) groups excluding carboxylic acids is 4. The molecule has 2 atom stereocenters. The molecule has 1 aromatic carbocycles. The molecule has 4 amide bonds. The fourth-order valence-electron chi connectivity index (χ4n) is 4.79. The zero-order valence-corrected chi connectivity index (χ0v) is 20.1. The fourth-order valence-corrected chi connectivity index (χ4v) is 5.04. The van der Waals surface area contributed by atoms with Crippen LogP contribution in [-0.4, -0.2) is 78.3 Å². The predicted octanol–water partition coefficient (Wildman–Crippen LogP) is 2.32. The molecular weight excluding hydrogens is 460 g/mol. The Kier molecular flexibility index (Phi) is 7.11. The molecule has 0 spiro atoms. The third-order valence-electron chi connectivity index (χ3n) is 6.64. The molecule has 182 valence electrons. The Labute approximate surface area is 203 Å².